The first-order valence-electron chi connectivity index (χ1n) is 5.13. The largest absolute Gasteiger partial charge is 0.394 e. The van der Waals surface area contributed by atoms with Crippen molar-refractivity contribution in [3.05, 3.63) is 0 Å². The van der Waals surface area contributed by atoms with Crippen LogP contribution in [0.5, 0.6) is 0 Å². The molecule has 0 aromatic heterocycles. The van der Waals surface area contributed by atoms with E-state index in [0.717, 1.165) is 19.4 Å². The van der Waals surface area contributed by atoms with Gasteiger partial charge in [-0.1, -0.05) is 0 Å². The number of hydrogen-bond acceptors (Lipinski definition) is 3. The zero-order valence-corrected chi connectivity index (χ0v) is 8.99. The van der Waals surface area contributed by atoms with E-state index in [4.69, 9.17) is 10.8 Å². The minimum Gasteiger partial charge on any atom is -0.394 e. The molecular weight excluding hydrogens is 180 g/mol. The molecule has 14 heavy (non-hydrogen) atoms. The van der Waals surface area contributed by atoms with Crippen molar-refractivity contribution in [1.82, 2.24) is 4.90 Å². The summed E-state index contributed by atoms with van der Waals surface area (Å²) in [5.41, 5.74) is 5.32. The van der Waals surface area contributed by atoms with Gasteiger partial charge in [-0.15, -0.1) is 0 Å². The fourth-order valence-electron chi connectivity index (χ4n) is 1.85. The maximum atomic E-state index is 11.8. The van der Waals surface area contributed by atoms with Crippen LogP contribution in [0.2, 0.25) is 0 Å². The monoisotopic (exact) mass is 200 g/mol. The molecule has 0 bridgehead atoms. The number of rotatable bonds is 3. The van der Waals surface area contributed by atoms with Crippen LogP contribution in [-0.4, -0.2) is 40.6 Å². The predicted octanol–water partition coefficient (Wildman–Crippen LogP) is 0.0971. The zero-order valence-electron chi connectivity index (χ0n) is 8.99. The van der Waals surface area contributed by atoms with E-state index in [1.165, 1.54) is 0 Å². The Hall–Kier alpha value is -0.610. The number of carbonyl (C=O) groups excluding carboxylic acids is 1. The number of nitrogens with zero attached hydrogens (tertiary/aromatic N) is 1. The van der Waals surface area contributed by atoms with Crippen molar-refractivity contribution >= 4 is 5.91 Å². The normalized spacial score (nSPS) is 22.9. The molecule has 1 saturated heterocycles. The molecule has 0 radical (unpaired) electrons. The molecule has 1 fully saturated rings. The molecule has 1 atom stereocenters. The summed E-state index contributed by atoms with van der Waals surface area (Å²) in [6.45, 7) is 4.51. The maximum absolute atomic E-state index is 11.8. The van der Waals surface area contributed by atoms with Crippen LogP contribution < -0.4 is 5.73 Å². The number of aliphatic hydroxyl groups excluding tert-OH is 1. The first-order chi connectivity index (χ1) is 6.44. The third-order valence-corrected chi connectivity index (χ3v) is 2.52. The molecule has 1 aliphatic rings. The van der Waals surface area contributed by atoms with E-state index in [9.17, 15) is 4.79 Å². The van der Waals surface area contributed by atoms with Gasteiger partial charge < -0.3 is 15.7 Å². The summed E-state index contributed by atoms with van der Waals surface area (Å²) in [4.78, 5) is 13.5. The number of amides is 1. The van der Waals surface area contributed by atoms with Gasteiger partial charge in [-0.25, -0.2) is 0 Å². The Labute approximate surface area is 85.1 Å². The van der Waals surface area contributed by atoms with Gasteiger partial charge in [0.05, 0.1) is 12.6 Å². The van der Waals surface area contributed by atoms with Gasteiger partial charge in [-0.2, -0.15) is 0 Å². The fourth-order valence-corrected chi connectivity index (χ4v) is 1.85. The summed E-state index contributed by atoms with van der Waals surface area (Å²) >= 11 is 0. The van der Waals surface area contributed by atoms with E-state index >= 15 is 0 Å². The van der Waals surface area contributed by atoms with Gasteiger partial charge in [-0.3, -0.25) is 4.79 Å². The lowest BCUT2D eigenvalue weighted by atomic mass is 10.0. The van der Waals surface area contributed by atoms with Crippen molar-refractivity contribution in [3.63, 3.8) is 0 Å². The zero-order chi connectivity index (χ0) is 10.8. The number of likely N-dealkylation sites (tertiary alicyclic amines) is 1. The summed E-state index contributed by atoms with van der Waals surface area (Å²) in [7, 11) is 0. The van der Waals surface area contributed by atoms with Crippen molar-refractivity contribution in [2.24, 2.45) is 5.73 Å². The second kappa shape index (κ2) is 4.28. The summed E-state index contributed by atoms with van der Waals surface area (Å²) in [6, 6.07) is 0.0184. The van der Waals surface area contributed by atoms with E-state index in [1.807, 2.05) is 13.8 Å². The Bertz CT molecular complexity index is 211. The van der Waals surface area contributed by atoms with Gasteiger partial charge in [-0.05, 0) is 26.7 Å². The van der Waals surface area contributed by atoms with E-state index in [1.54, 1.807) is 4.90 Å². The molecule has 1 amide bonds. The molecule has 0 spiro atoms. The highest BCUT2D eigenvalue weighted by molar-refractivity contribution is 5.78. The topological polar surface area (TPSA) is 66.6 Å². The molecule has 0 aromatic rings. The smallest absolute Gasteiger partial charge is 0.224 e. The van der Waals surface area contributed by atoms with Crippen LogP contribution in [-0.2, 0) is 4.79 Å². The summed E-state index contributed by atoms with van der Waals surface area (Å²) in [5, 5.41) is 9.06. The summed E-state index contributed by atoms with van der Waals surface area (Å²) in [5.74, 6) is 0.0639. The molecule has 1 rings (SSSR count). The third-order valence-electron chi connectivity index (χ3n) is 2.52. The van der Waals surface area contributed by atoms with Crippen LogP contribution in [0.25, 0.3) is 0 Å². The SMILES string of the molecule is CC(C)(N)CC(=O)N1CCC[C@@H]1CO. The standard InChI is InChI=1S/C10H20N2O2/c1-10(2,11)6-9(14)12-5-3-4-8(12)7-13/h8,13H,3-7,11H2,1-2H3/t8-/m1/s1. The van der Waals surface area contributed by atoms with Crippen LogP contribution in [0, 0.1) is 0 Å². The van der Waals surface area contributed by atoms with Crippen molar-refractivity contribution in [1.29, 1.82) is 0 Å². The van der Waals surface area contributed by atoms with E-state index in [2.05, 4.69) is 0 Å². The highest BCUT2D eigenvalue weighted by Crippen LogP contribution is 2.19. The Morgan fingerprint density at radius 2 is 2.29 bits per heavy atom. The van der Waals surface area contributed by atoms with Crippen LogP contribution in [0.15, 0.2) is 0 Å². The van der Waals surface area contributed by atoms with Gasteiger partial charge in [0.25, 0.3) is 0 Å². The van der Waals surface area contributed by atoms with Gasteiger partial charge >= 0.3 is 0 Å². The van der Waals surface area contributed by atoms with Crippen LogP contribution in [0.3, 0.4) is 0 Å². The van der Waals surface area contributed by atoms with Gasteiger partial charge in [0.2, 0.25) is 5.91 Å². The van der Waals surface area contributed by atoms with Crippen molar-refractivity contribution < 1.29 is 9.90 Å². The summed E-state index contributed by atoms with van der Waals surface area (Å²) < 4.78 is 0. The lowest BCUT2D eigenvalue weighted by molar-refractivity contribution is -0.133. The van der Waals surface area contributed by atoms with Crippen LogP contribution >= 0.6 is 0 Å². The molecule has 0 unspecified atom stereocenters. The first-order valence-corrected chi connectivity index (χ1v) is 5.13. The van der Waals surface area contributed by atoms with Crippen molar-refractivity contribution in [2.45, 2.75) is 44.7 Å². The minimum atomic E-state index is -0.459. The Morgan fingerprint density at radius 3 is 2.79 bits per heavy atom. The van der Waals surface area contributed by atoms with Gasteiger partial charge in [0.1, 0.15) is 0 Å². The molecule has 3 N–H and O–H groups in total. The number of aliphatic hydroxyl groups is 1. The molecule has 4 nitrogen and oxygen atoms in total. The van der Waals surface area contributed by atoms with E-state index in [0.29, 0.717) is 6.42 Å². The van der Waals surface area contributed by atoms with Crippen molar-refractivity contribution in [3.8, 4) is 0 Å². The number of nitrogens with two attached hydrogens (primary N) is 1. The molecule has 4 heteroatoms. The second-order valence-electron chi connectivity index (χ2n) is 4.73. The number of carbonyl (C=O) groups is 1. The molecular formula is C10H20N2O2. The van der Waals surface area contributed by atoms with E-state index in [-0.39, 0.29) is 18.6 Å². The summed E-state index contributed by atoms with van der Waals surface area (Å²) in [6.07, 6.45) is 2.25. The molecule has 0 aromatic carbocycles. The molecule has 1 aliphatic heterocycles. The Balaban J connectivity index is 2.52. The van der Waals surface area contributed by atoms with Gasteiger partial charge in [0.15, 0.2) is 0 Å². The Kier molecular flexibility index (Phi) is 3.50. The van der Waals surface area contributed by atoms with Crippen molar-refractivity contribution in [2.75, 3.05) is 13.2 Å². The highest BCUT2D eigenvalue weighted by Gasteiger charge is 2.30. The maximum Gasteiger partial charge on any atom is 0.224 e. The van der Waals surface area contributed by atoms with Crippen LogP contribution in [0.4, 0.5) is 0 Å². The fraction of sp³-hybridized carbons (Fsp3) is 0.900. The third kappa shape index (κ3) is 2.96. The average molecular weight is 200 g/mol. The average Bonchev–Trinajstić information content (AvgIpc) is 2.47. The van der Waals surface area contributed by atoms with E-state index < -0.39 is 5.54 Å². The molecule has 82 valence electrons. The Morgan fingerprint density at radius 1 is 1.64 bits per heavy atom. The van der Waals surface area contributed by atoms with Crippen LogP contribution in [0.1, 0.15) is 33.1 Å². The lowest BCUT2D eigenvalue weighted by Gasteiger charge is -2.27. The number of hydrogen-bond donors (Lipinski definition) is 2. The predicted molar refractivity (Wildman–Crippen MR) is 54.7 cm³/mol. The minimum absolute atomic E-state index is 0.0184. The quantitative estimate of drug-likeness (QED) is 0.679. The lowest BCUT2D eigenvalue weighted by Crippen LogP contribution is -2.44. The molecule has 0 saturated carbocycles. The molecule has 1 heterocycles. The molecule has 0 aliphatic carbocycles. The van der Waals surface area contributed by atoms with Gasteiger partial charge in [0, 0.05) is 18.5 Å². The second-order valence-corrected chi connectivity index (χ2v) is 4.73. The highest BCUT2D eigenvalue weighted by atomic mass is 16.3. The first kappa shape index (κ1) is 11.5.